The molecule has 0 atom stereocenters. The summed E-state index contributed by atoms with van der Waals surface area (Å²) < 4.78 is 28.7. The molecule has 0 aliphatic rings. The van der Waals surface area contributed by atoms with Crippen molar-refractivity contribution < 1.29 is 18.6 Å². The predicted molar refractivity (Wildman–Crippen MR) is 78.5 cm³/mol. The van der Waals surface area contributed by atoms with Gasteiger partial charge in [-0.05, 0) is 18.2 Å². The number of rotatable bonds is 5. The molecule has 0 heterocycles. The van der Waals surface area contributed by atoms with Crippen molar-refractivity contribution in [2.75, 3.05) is 5.32 Å². The number of nitrogens with one attached hydrogen (secondary N) is 1. The number of hydrogen-bond donors (Lipinski definition) is 2. The predicted octanol–water partition coefficient (Wildman–Crippen LogP) is 4.91. The molecule has 7 heteroatoms. The highest BCUT2D eigenvalue weighted by Gasteiger charge is 2.14. The normalized spacial score (nSPS) is 10.7. The van der Waals surface area contributed by atoms with E-state index in [1.165, 1.54) is 12.1 Å². The zero-order chi connectivity index (χ0) is 15.4. The summed E-state index contributed by atoms with van der Waals surface area (Å²) in [6.45, 7) is -2.67. The fraction of sp³-hybridized carbons (Fsp3) is 0.143. The number of alkyl halides is 2. The lowest BCUT2D eigenvalue weighted by atomic mass is 10.2. The summed E-state index contributed by atoms with van der Waals surface area (Å²) in [5.41, 5.74) is 1.20. The zero-order valence-corrected chi connectivity index (χ0v) is 12.1. The lowest BCUT2D eigenvalue weighted by Gasteiger charge is -2.12. The van der Waals surface area contributed by atoms with E-state index in [9.17, 15) is 13.9 Å². The van der Waals surface area contributed by atoms with Gasteiger partial charge in [0.25, 0.3) is 0 Å². The molecule has 0 radical (unpaired) electrons. The molecule has 2 aromatic carbocycles. The van der Waals surface area contributed by atoms with Crippen LogP contribution in [0.1, 0.15) is 5.56 Å². The first kappa shape index (κ1) is 15.7. The molecule has 21 heavy (non-hydrogen) atoms. The lowest BCUT2D eigenvalue weighted by molar-refractivity contribution is -0.0497. The molecule has 0 saturated carbocycles. The van der Waals surface area contributed by atoms with Crippen molar-refractivity contribution >= 4 is 28.9 Å². The van der Waals surface area contributed by atoms with Gasteiger partial charge in [0.15, 0.2) is 5.75 Å². The monoisotopic (exact) mass is 333 g/mol. The highest BCUT2D eigenvalue weighted by Crippen LogP contribution is 2.37. The van der Waals surface area contributed by atoms with Crippen LogP contribution in [-0.2, 0) is 6.54 Å². The number of phenolic OH excluding ortho intramolecular Hbond substituents is 1. The van der Waals surface area contributed by atoms with E-state index in [-0.39, 0.29) is 21.5 Å². The van der Waals surface area contributed by atoms with Crippen molar-refractivity contribution in [1.29, 1.82) is 0 Å². The Balaban J connectivity index is 2.13. The standard InChI is InChI=1S/C14H11Cl2F2NO2/c15-10-5-9(6-11(16)13(10)21-14(17)18)19-7-8-3-1-2-4-12(8)20/h1-6,14,19-20H,7H2. The Bertz CT molecular complexity index is 615. The van der Waals surface area contributed by atoms with Crippen LogP contribution in [0.3, 0.4) is 0 Å². The van der Waals surface area contributed by atoms with Gasteiger partial charge in [-0.3, -0.25) is 0 Å². The second-order valence-electron chi connectivity index (χ2n) is 4.13. The van der Waals surface area contributed by atoms with E-state index in [2.05, 4.69) is 10.1 Å². The Labute approximate surface area is 130 Å². The first-order valence-corrected chi connectivity index (χ1v) is 6.67. The van der Waals surface area contributed by atoms with Crippen LogP contribution in [0.5, 0.6) is 11.5 Å². The van der Waals surface area contributed by atoms with Crippen molar-refractivity contribution in [3.8, 4) is 11.5 Å². The highest BCUT2D eigenvalue weighted by atomic mass is 35.5. The number of phenols is 1. The third-order valence-corrected chi connectivity index (χ3v) is 3.24. The first-order valence-electron chi connectivity index (χ1n) is 5.92. The Kier molecular flexibility index (Phi) is 5.09. The van der Waals surface area contributed by atoms with E-state index in [0.717, 1.165) is 0 Å². The number of para-hydroxylation sites is 1. The van der Waals surface area contributed by atoms with Crippen LogP contribution >= 0.6 is 23.2 Å². The van der Waals surface area contributed by atoms with Crippen LogP contribution in [0, 0.1) is 0 Å². The smallest absolute Gasteiger partial charge is 0.387 e. The number of benzene rings is 2. The second-order valence-corrected chi connectivity index (χ2v) is 4.94. The maximum Gasteiger partial charge on any atom is 0.387 e. The SMILES string of the molecule is Oc1ccccc1CNc1cc(Cl)c(OC(F)F)c(Cl)c1. The van der Waals surface area contributed by atoms with Crippen molar-refractivity contribution in [2.45, 2.75) is 13.2 Å². The molecule has 0 unspecified atom stereocenters. The molecule has 0 spiro atoms. The van der Waals surface area contributed by atoms with Crippen LogP contribution in [0.4, 0.5) is 14.5 Å². The number of halogens is 4. The summed E-state index contributed by atoms with van der Waals surface area (Å²) in [7, 11) is 0. The van der Waals surface area contributed by atoms with Gasteiger partial charge in [0.2, 0.25) is 0 Å². The van der Waals surface area contributed by atoms with Gasteiger partial charge in [-0.1, -0.05) is 41.4 Å². The van der Waals surface area contributed by atoms with Crippen molar-refractivity contribution in [1.82, 2.24) is 0 Å². The summed E-state index contributed by atoms with van der Waals surface area (Å²) >= 11 is 11.7. The zero-order valence-electron chi connectivity index (χ0n) is 10.6. The Morgan fingerprint density at radius 2 is 1.76 bits per heavy atom. The summed E-state index contributed by atoms with van der Waals surface area (Å²) in [6, 6.07) is 9.66. The quantitative estimate of drug-likeness (QED) is 0.816. The van der Waals surface area contributed by atoms with Crippen molar-refractivity contribution in [3.05, 3.63) is 52.0 Å². The Hall–Kier alpha value is -1.72. The third-order valence-electron chi connectivity index (χ3n) is 2.68. The van der Waals surface area contributed by atoms with E-state index in [4.69, 9.17) is 23.2 Å². The average molecular weight is 334 g/mol. The van der Waals surface area contributed by atoms with Crippen LogP contribution in [-0.4, -0.2) is 11.7 Å². The summed E-state index contributed by atoms with van der Waals surface area (Å²) in [6.07, 6.45) is 0. The van der Waals surface area contributed by atoms with Gasteiger partial charge in [0.1, 0.15) is 5.75 Å². The molecule has 2 aromatic rings. The molecule has 2 N–H and O–H groups in total. The topological polar surface area (TPSA) is 41.5 Å². The average Bonchev–Trinajstić information content (AvgIpc) is 2.42. The molecule has 112 valence electrons. The summed E-state index contributed by atoms with van der Waals surface area (Å²) in [5, 5.41) is 12.6. The van der Waals surface area contributed by atoms with E-state index >= 15 is 0 Å². The highest BCUT2D eigenvalue weighted by molar-refractivity contribution is 6.37. The lowest BCUT2D eigenvalue weighted by Crippen LogP contribution is -2.04. The number of aromatic hydroxyl groups is 1. The maximum atomic E-state index is 12.2. The van der Waals surface area contributed by atoms with Crippen LogP contribution in [0.15, 0.2) is 36.4 Å². The molecule has 0 aliphatic carbocycles. The maximum absolute atomic E-state index is 12.2. The first-order chi connectivity index (χ1) is 9.97. The van der Waals surface area contributed by atoms with Gasteiger partial charge in [-0.2, -0.15) is 8.78 Å². The number of anilines is 1. The van der Waals surface area contributed by atoms with E-state index < -0.39 is 6.61 Å². The molecule has 0 bridgehead atoms. The molecule has 2 rings (SSSR count). The Morgan fingerprint density at radius 1 is 1.14 bits per heavy atom. The van der Waals surface area contributed by atoms with Crippen LogP contribution in [0.2, 0.25) is 10.0 Å². The molecule has 0 amide bonds. The van der Waals surface area contributed by atoms with Crippen LogP contribution < -0.4 is 10.1 Å². The van der Waals surface area contributed by atoms with E-state index in [0.29, 0.717) is 17.8 Å². The van der Waals surface area contributed by atoms with Crippen molar-refractivity contribution in [3.63, 3.8) is 0 Å². The number of ether oxygens (including phenoxy) is 1. The van der Waals surface area contributed by atoms with Gasteiger partial charge < -0.3 is 15.2 Å². The molecule has 0 aromatic heterocycles. The van der Waals surface area contributed by atoms with Gasteiger partial charge in [-0.15, -0.1) is 0 Å². The minimum absolute atomic E-state index is 0.0254. The Morgan fingerprint density at radius 3 is 2.33 bits per heavy atom. The molecule has 0 fully saturated rings. The minimum atomic E-state index is -3.00. The fourth-order valence-corrected chi connectivity index (χ4v) is 2.30. The summed E-state index contributed by atoms with van der Waals surface area (Å²) in [5.74, 6) is -0.110. The molecular weight excluding hydrogens is 323 g/mol. The van der Waals surface area contributed by atoms with Gasteiger partial charge in [0.05, 0.1) is 10.0 Å². The van der Waals surface area contributed by atoms with Crippen LogP contribution in [0.25, 0.3) is 0 Å². The molecule has 3 nitrogen and oxygen atoms in total. The van der Waals surface area contributed by atoms with Gasteiger partial charge >= 0.3 is 6.61 Å². The third kappa shape index (κ3) is 4.12. The van der Waals surface area contributed by atoms with Crippen molar-refractivity contribution in [2.24, 2.45) is 0 Å². The van der Waals surface area contributed by atoms with Gasteiger partial charge in [-0.25, -0.2) is 0 Å². The summed E-state index contributed by atoms with van der Waals surface area (Å²) in [4.78, 5) is 0. The second kappa shape index (κ2) is 6.83. The fourth-order valence-electron chi connectivity index (χ4n) is 1.72. The van der Waals surface area contributed by atoms with E-state index in [1.807, 2.05) is 0 Å². The molecule has 0 aliphatic heterocycles. The van der Waals surface area contributed by atoms with Gasteiger partial charge in [0, 0.05) is 17.8 Å². The number of hydrogen-bond acceptors (Lipinski definition) is 3. The molecular formula is C14H11Cl2F2NO2. The largest absolute Gasteiger partial charge is 0.508 e. The minimum Gasteiger partial charge on any atom is -0.508 e. The van der Waals surface area contributed by atoms with E-state index in [1.54, 1.807) is 24.3 Å². The molecule has 0 saturated heterocycles.